The van der Waals surface area contributed by atoms with E-state index in [1.807, 2.05) is 194 Å². The minimum absolute atomic E-state index is 0. The lowest BCUT2D eigenvalue weighted by atomic mass is 9.89. The van der Waals surface area contributed by atoms with Gasteiger partial charge in [-0.1, -0.05) is 221 Å². The molecule has 5 nitrogen and oxygen atoms in total. The van der Waals surface area contributed by atoms with Crippen LogP contribution in [0.2, 0.25) is 0 Å². The largest absolute Gasteiger partial charge is 0.462 e. The van der Waals surface area contributed by atoms with Crippen LogP contribution >= 0.6 is 0 Å². The lowest BCUT2D eigenvalue weighted by molar-refractivity contribution is -0.139. The number of aldehydes is 1. The van der Waals surface area contributed by atoms with E-state index in [0.717, 1.165) is 39.7 Å². The van der Waals surface area contributed by atoms with E-state index >= 15 is 0 Å². The number of benzene rings is 6. The number of carbonyl (C=O) groups is 2. The standard InChI is InChI=1S/2C16H16O.C11H12O2.C7H6O.2CH4/c17-16(15-11-5-2-6-12-15)13-7-10-14-8-3-1-4-9-14;1-2-15(13-9-5-3-6-10-13)16(17)14-11-7-4-8-12-14;1-10(12)13-9-5-8-11-6-3-2-4-7-11;8-6-7-4-2-1-3-5-7;;/h1-12,16-17H,13H2;2-12,15-17H,1H2;2-8H,9H2,1H3;1-6H;2*1H4/b10-7+;;8-5+;;;. The summed E-state index contributed by atoms with van der Waals surface area (Å²) in [5.41, 5.74) is 5.96. The van der Waals surface area contributed by atoms with Crippen LogP contribution in [0.3, 0.4) is 0 Å². The monoisotopic (exact) mass is 762 g/mol. The van der Waals surface area contributed by atoms with E-state index < -0.39 is 12.2 Å². The van der Waals surface area contributed by atoms with Gasteiger partial charge in [0.2, 0.25) is 0 Å². The van der Waals surface area contributed by atoms with Gasteiger partial charge in [-0.15, -0.1) is 6.58 Å². The van der Waals surface area contributed by atoms with Gasteiger partial charge in [0.05, 0.1) is 12.2 Å². The van der Waals surface area contributed by atoms with Crippen molar-refractivity contribution in [3.8, 4) is 0 Å². The molecule has 0 bridgehead atoms. The summed E-state index contributed by atoms with van der Waals surface area (Å²) in [4.78, 5) is 20.4. The van der Waals surface area contributed by atoms with Gasteiger partial charge in [-0.2, -0.15) is 0 Å². The molecule has 0 spiro atoms. The third-order valence-corrected chi connectivity index (χ3v) is 8.00. The lowest BCUT2D eigenvalue weighted by Crippen LogP contribution is -2.08. The van der Waals surface area contributed by atoms with Gasteiger partial charge in [0.25, 0.3) is 0 Å². The predicted octanol–water partition coefficient (Wildman–Crippen LogP) is 12.5. The number of hydrogen-bond donors (Lipinski definition) is 2. The molecule has 296 valence electrons. The van der Waals surface area contributed by atoms with E-state index in [1.165, 1.54) is 6.92 Å². The van der Waals surface area contributed by atoms with Crippen molar-refractivity contribution in [2.75, 3.05) is 6.61 Å². The molecule has 6 rings (SSSR count). The van der Waals surface area contributed by atoms with Crippen molar-refractivity contribution in [3.63, 3.8) is 0 Å². The smallest absolute Gasteiger partial charge is 0.302 e. The highest BCUT2D eigenvalue weighted by molar-refractivity contribution is 5.74. The number of carbonyl (C=O) groups excluding carboxylic acids is 2. The molecular weight excluding hydrogens is 705 g/mol. The number of hydrogen-bond acceptors (Lipinski definition) is 5. The Morgan fingerprint density at radius 3 is 1.32 bits per heavy atom. The number of rotatable bonds is 12. The van der Waals surface area contributed by atoms with Gasteiger partial charge in [-0.25, -0.2) is 0 Å². The number of aliphatic hydroxyl groups is 2. The minimum atomic E-state index is -0.545. The van der Waals surface area contributed by atoms with Gasteiger partial charge in [-0.05, 0) is 40.3 Å². The Balaban J connectivity index is 0.000000387. The van der Waals surface area contributed by atoms with Gasteiger partial charge in [-0.3, -0.25) is 9.59 Å². The van der Waals surface area contributed by atoms with Crippen LogP contribution in [-0.2, 0) is 9.53 Å². The van der Waals surface area contributed by atoms with Gasteiger partial charge in [0.15, 0.2) is 0 Å². The highest BCUT2D eigenvalue weighted by Crippen LogP contribution is 2.31. The van der Waals surface area contributed by atoms with Crippen LogP contribution in [0, 0.1) is 0 Å². The zero-order valence-corrected chi connectivity index (χ0v) is 31.3. The Morgan fingerprint density at radius 1 is 0.561 bits per heavy atom. The Morgan fingerprint density at radius 2 is 0.930 bits per heavy atom. The molecule has 0 radical (unpaired) electrons. The summed E-state index contributed by atoms with van der Waals surface area (Å²) >= 11 is 0. The van der Waals surface area contributed by atoms with Gasteiger partial charge in [0, 0.05) is 18.4 Å². The summed E-state index contributed by atoms with van der Waals surface area (Å²) in [7, 11) is 0. The third-order valence-electron chi connectivity index (χ3n) is 8.00. The van der Waals surface area contributed by atoms with Gasteiger partial charge in [0.1, 0.15) is 12.9 Å². The number of aliphatic hydroxyl groups excluding tert-OH is 2. The summed E-state index contributed by atoms with van der Waals surface area (Å²) in [6, 6.07) is 58.4. The molecule has 0 aliphatic carbocycles. The average Bonchev–Trinajstić information content (AvgIpc) is 3.25. The van der Waals surface area contributed by atoms with E-state index in [1.54, 1.807) is 18.2 Å². The highest BCUT2D eigenvalue weighted by atomic mass is 16.5. The molecule has 0 aromatic heterocycles. The Labute approximate surface area is 341 Å². The maximum atomic E-state index is 10.4. The molecule has 0 saturated carbocycles. The second kappa shape index (κ2) is 29.9. The topological polar surface area (TPSA) is 83.8 Å². The van der Waals surface area contributed by atoms with E-state index in [-0.39, 0.29) is 26.7 Å². The Hall–Kier alpha value is -6.40. The SMILES string of the molecule is C.C.C=CC(c1ccccc1)C(O)c1ccccc1.CC(=O)OC/C=C/c1ccccc1.O=Cc1ccccc1.OC(C/C=C/c1ccccc1)c1ccccc1. The summed E-state index contributed by atoms with van der Waals surface area (Å²) in [6.07, 6.45) is 10.1. The van der Waals surface area contributed by atoms with Crippen LogP contribution in [0.1, 0.15) is 84.5 Å². The summed E-state index contributed by atoms with van der Waals surface area (Å²) in [5, 5.41) is 20.3. The van der Waals surface area contributed by atoms with Crippen molar-refractivity contribution in [2.24, 2.45) is 0 Å². The van der Waals surface area contributed by atoms with Crippen molar-refractivity contribution < 1.29 is 24.5 Å². The molecule has 0 heterocycles. The first-order chi connectivity index (χ1) is 26.9. The second-order valence-electron chi connectivity index (χ2n) is 12.1. The van der Waals surface area contributed by atoms with Crippen molar-refractivity contribution in [2.45, 2.75) is 46.3 Å². The number of ether oxygens (including phenoxy) is 1. The lowest BCUT2D eigenvalue weighted by Gasteiger charge is -2.20. The molecule has 2 N–H and O–H groups in total. The molecule has 3 atom stereocenters. The highest BCUT2D eigenvalue weighted by Gasteiger charge is 2.19. The average molecular weight is 763 g/mol. The van der Waals surface area contributed by atoms with Crippen LogP contribution in [0.15, 0.2) is 207 Å². The second-order valence-corrected chi connectivity index (χ2v) is 12.1. The molecule has 6 aromatic rings. The quantitative estimate of drug-likeness (QED) is 0.0737. The van der Waals surface area contributed by atoms with Crippen molar-refractivity contribution >= 4 is 24.4 Å². The number of esters is 1. The summed E-state index contributed by atoms with van der Waals surface area (Å²) in [6.45, 7) is 5.56. The fourth-order valence-corrected chi connectivity index (χ4v) is 5.13. The maximum Gasteiger partial charge on any atom is 0.302 e. The third kappa shape index (κ3) is 20.2. The minimum Gasteiger partial charge on any atom is -0.462 e. The normalized spacial score (nSPS) is 11.5. The molecule has 3 unspecified atom stereocenters. The van der Waals surface area contributed by atoms with E-state index in [0.29, 0.717) is 13.0 Å². The molecule has 0 amide bonds. The maximum absolute atomic E-state index is 10.4. The molecule has 0 aliphatic rings. The van der Waals surface area contributed by atoms with Gasteiger partial charge >= 0.3 is 5.97 Å². The Bertz CT molecular complexity index is 1940. The molecule has 5 heteroatoms. The molecule has 0 saturated heterocycles. The fourth-order valence-electron chi connectivity index (χ4n) is 5.13. The fraction of sp³-hybridized carbons (Fsp3) is 0.154. The van der Waals surface area contributed by atoms with Crippen molar-refractivity contribution in [1.82, 2.24) is 0 Å². The zero-order valence-electron chi connectivity index (χ0n) is 31.3. The van der Waals surface area contributed by atoms with Crippen molar-refractivity contribution in [3.05, 3.63) is 240 Å². The van der Waals surface area contributed by atoms with Crippen LogP contribution in [-0.4, -0.2) is 29.1 Å². The molecule has 0 aliphatic heterocycles. The van der Waals surface area contributed by atoms with Crippen LogP contribution < -0.4 is 0 Å². The van der Waals surface area contributed by atoms with Gasteiger partial charge < -0.3 is 14.9 Å². The zero-order chi connectivity index (χ0) is 39.4. The first kappa shape index (κ1) is 48.6. The van der Waals surface area contributed by atoms with Crippen LogP contribution in [0.4, 0.5) is 0 Å². The first-order valence-electron chi connectivity index (χ1n) is 18.1. The van der Waals surface area contributed by atoms with Crippen molar-refractivity contribution in [1.29, 1.82) is 0 Å². The Kier molecular flexibility index (Phi) is 25.5. The van der Waals surface area contributed by atoms with E-state index in [4.69, 9.17) is 4.74 Å². The van der Waals surface area contributed by atoms with Crippen LogP contribution in [0.25, 0.3) is 12.2 Å². The van der Waals surface area contributed by atoms with E-state index in [9.17, 15) is 19.8 Å². The summed E-state index contributed by atoms with van der Waals surface area (Å²) in [5.74, 6) is -0.323. The molecule has 0 fully saturated rings. The molecule has 57 heavy (non-hydrogen) atoms. The molecular formula is C52H58O5. The first-order valence-corrected chi connectivity index (χ1v) is 18.1. The molecule has 6 aromatic carbocycles. The van der Waals surface area contributed by atoms with Crippen LogP contribution in [0.5, 0.6) is 0 Å². The van der Waals surface area contributed by atoms with E-state index in [2.05, 4.69) is 6.58 Å². The predicted molar refractivity (Wildman–Crippen MR) is 240 cm³/mol. The summed E-state index contributed by atoms with van der Waals surface area (Å²) < 4.78 is 4.74.